The molecule has 0 saturated carbocycles. The standard InChI is InChI=1S/C14H18N2O2S2.ClH/c1-4-10-6-11(5-2)8-12(7-10)20(17,18)13-9-16-14(15-3)19-13;/h6-9H,4-5H2,1-3H3,(H,15,16);1H. The van der Waals surface area contributed by atoms with Crippen LogP contribution in [0.3, 0.4) is 0 Å². The molecule has 1 heterocycles. The number of thiazole rings is 1. The first kappa shape index (κ1) is 17.9. The smallest absolute Gasteiger partial charge is 0.217 e. The van der Waals surface area contributed by atoms with E-state index in [-0.39, 0.29) is 16.6 Å². The largest absolute Gasteiger partial charge is 0.365 e. The van der Waals surface area contributed by atoms with Crippen LogP contribution in [0.1, 0.15) is 25.0 Å². The van der Waals surface area contributed by atoms with E-state index in [0.29, 0.717) is 10.0 Å². The molecule has 0 fully saturated rings. The predicted octanol–water partition coefficient (Wildman–Crippen LogP) is 3.56. The molecule has 0 unspecified atom stereocenters. The van der Waals surface area contributed by atoms with Gasteiger partial charge in [0, 0.05) is 7.05 Å². The Morgan fingerprint density at radius 2 is 1.71 bits per heavy atom. The fraction of sp³-hybridized carbons (Fsp3) is 0.357. The van der Waals surface area contributed by atoms with E-state index in [2.05, 4.69) is 16.4 Å². The normalized spacial score (nSPS) is 11.0. The summed E-state index contributed by atoms with van der Waals surface area (Å²) in [6.45, 7) is 4.05. The molecule has 0 atom stereocenters. The Bertz CT molecular complexity index is 689. The molecule has 0 saturated heterocycles. The number of hydrogen-bond donors (Lipinski definition) is 1. The van der Waals surface area contributed by atoms with Crippen molar-refractivity contribution in [2.75, 3.05) is 12.4 Å². The Hall–Kier alpha value is -1.11. The van der Waals surface area contributed by atoms with E-state index < -0.39 is 9.84 Å². The van der Waals surface area contributed by atoms with Crippen LogP contribution >= 0.6 is 23.7 Å². The molecule has 0 aliphatic rings. The van der Waals surface area contributed by atoms with Gasteiger partial charge in [0.25, 0.3) is 0 Å². The first-order chi connectivity index (χ1) is 9.51. The Labute approximate surface area is 136 Å². The van der Waals surface area contributed by atoms with Gasteiger partial charge >= 0.3 is 0 Å². The van der Waals surface area contributed by atoms with E-state index in [1.165, 1.54) is 6.20 Å². The average molecular weight is 347 g/mol. The summed E-state index contributed by atoms with van der Waals surface area (Å²) in [6, 6.07) is 5.57. The lowest BCUT2D eigenvalue weighted by Gasteiger charge is -2.07. The van der Waals surface area contributed by atoms with Crippen LogP contribution in [0.15, 0.2) is 33.5 Å². The molecule has 0 bridgehead atoms. The maximum Gasteiger partial charge on any atom is 0.217 e. The van der Waals surface area contributed by atoms with Gasteiger partial charge in [-0.1, -0.05) is 31.3 Å². The fourth-order valence-corrected chi connectivity index (χ4v) is 4.41. The van der Waals surface area contributed by atoms with E-state index in [1.807, 2.05) is 13.8 Å². The summed E-state index contributed by atoms with van der Waals surface area (Å²) in [5.41, 5.74) is 2.09. The molecule has 1 aromatic carbocycles. The van der Waals surface area contributed by atoms with Crippen molar-refractivity contribution in [1.29, 1.82) is 0 Å². The van der Waals surface area contributed by atoms with Crippen molar-refractivity contribution in [3.05, 3.63) is 35.5 Å². The van der Waals surface area contributed by atoms with E-state index in [1.54, 1.807) is 19.2 Å². The van der Waals surface area contributed by atoms with Gasteiger partial charge < -0.3 is 5.32 Å². The first-order valence-electron chi connectivity index (χ1n) is 6.52. The van der Waals surface area contributed by atoms with Crippen LogP contribution in [-0.2, 0) is 22.7 Å². The highest BCUT2D eigenvalue weighted by atomic mass is 35.5. The summed E-state index contributed by atoms with van der Waals surface area (Å²) in [4.78, 5) is 4.40. The third-order valence-corrected chi connectivity index (χ3v) is 6.33. The zero-order valence-electron chi connectivity index (χ0n) is 12.2. The molecule has 1 N–H and O–H groups in total. The highest BCUT2D eigenvalue weighted by Gasteiger charge is 2.21. The van der Waals surface area contributed by atoms with Crippen molar-refractivity contribution in [3.8, 4) is 0 Å². The zero-order chi connectivity index (χ0) is 14.8. The number of sulfone groups is 1. The second-order valence-corrected chi connectivity index (χ2v) is 7.64. The number of benzene rings is 1. The van der Waals surface area contributed by atoms with Crippen molar-refractivity contribution >= 4 is 38.7 Å². The van der Waals surface area contributed by atoms with Gasteiger partial charge in [-0.15, -0.1) is 12.4 Å². The molecule has 116 valence electrons. The van der Waals surface area contributed by atoms with Crippen LogP contribution in [0.25, 0.3) is 0 Å². The molecule has 0 aliphatic heterocycles. The Morgan fingerprint density at radius 1 is 1.14 bits per heavy atom. The van der Waals surface area contributed by atoms with Crippen LogP contribution in [0.2, 0.25) is 0 Å². The summed E-state index contributed by atoms with van der Waals surface area (Å²) >= 11 is 1.15. The van der Waals surface area contributed by atoms with Crippen LogP contribution in [-0.4, -0.2) is 20.4 Å². The van der Waals surface area contributed by atoms with Crippen molar-refractivity contribution in [3.63, 3.8) is 0 Å². The first-order valence-corrected chi connectivity index (χ1v) is 8.82. The minimum atomic E-state index is -3.48. The minimum Gasteiger partial charge on any atom is -0.365 e. The summed E-state index contributed by atoms with van der Waals surface area (Å²) in [5, 5.41) is 3.46. The lowest BCUT2D eigenvalue weighted by atomic mass is 10.1. The van der Waals surface area contributed by atoms with Crippen LogP contribution in [0, 0.1) is 0 Å². The SMILES string of the molecule is CCc1cc(CC)cc(S(=O)(=O)c2cnc(NC)s2)c1.Cl. The topological polar surface area (TPSA) is 59.1 Å². The molecular formula is C14H19ClN2O2S2. The van der Waals surface area contributed by atoms with Gasteiger partial charge in [-0.3, -0.25) is 0 Å². The van der Waals surface area contributed by atoms with Gasteiger partial charge in [-0.05, 0) is 36.1 Å². The number of aryl methyl sites for hydroxylation is 2. The molecule has 4 nitrogen and oxygen atoms in total. The molecule has 0 spiro atoms. The average Bonchev–Trinajstić information content (AvgIpc) is 2.96. The van der Waals surface area contributed by atoms with Crippen molar-refractivity contribution in [2.24, 2.45) is 0 Å². The lowest BCUT2D eigenvalue weighted by molar-refractivity contribution is 0.597. The third kappa shape index (κ3) is 3.75. The van der Waals surface area contributed by atoms with E-state index >= 15 is 0 Å². The van der Waals surface area contributed by atoms with Gasteiger partial charge in [0.1, 0.15) is 4.21 Å². The summed E-state index contributed by atoms with van der Waals surface area (Å²) in [5.74, 6) is 0. The van der Waals surface area contributed by atoms with Crippen molar-refractivity contribution < 1.29 is 8.42 Å². The molecule has 0 aliphatic carbocycles. The van der Waals surface area contributed by atoms with E-state index in [9.17, 15) is 8.42 Å². The second kappa shape index (κ2) is 7.24. The summed E-state index contributed by atoms with van der Waals surface area (Å²) < 4.78 is 25.6. The maximum atomic E-state index is 12.6. The van der Waals surface area contributed by atoms with Crippen LogP contribution < -0.4 is 5.32 Å². The number of hydrogen-bond acceptors (Lipinski definition) is 5. The second-order valence-electron chi connectivity index (χ2n) is 4.43. The monoisotopic (exact) mass is 346 g/mol. The number of aromatic nitrogens is 1. The van der Waals surface area contributed by atoms with Gasteiger partial charge in [0.05, 0.1) is 11.1 Å². The van der Waals surface area contributed by atoms with Crippen LogP contribution in [0.5, 0.6) is 0 Å². The number of nitrogens with zero attached hydrogens (tertiary/aromatic N) is 1. The molecule has 2 aromatic rings. The molecule has 0 amide bonds. The highest BCUT2D eigenvalue weighted by molar-refractivity contribution is 7.93. The Morgan fingerprint density at radius 3 is 2.14 bits per heavy atom. The molecule has 7 heteroatoms. The fourth-order valence-electron chi connectivity index (χ4n) is 1.91. The summed E-state index contributed by atoms with van der Waals surface area (Å²) in [7, 11) is -1.75. The van der Waals surface area contributed by atoms with Crippen LogP contribution in [0.4, 0.5) is 5.13 Å². The van der Waals surface area contributed by atoms with Crippen molar-refractivity contribution in [2.45, 2.75) is 35.8 Å². The molecule has 21 heavy (non-hydrogen) atoms. The molecular weight excluding hydrogens is 328 g/mol. The zero-order valence-corrected chi connectivity index (χ0v) is 14.7. The van der Waals surface area contributed by atoms with Gasteiger partial charge in [-0.25, -0.2) is 13.4 Å². The summed E-state index contributed by atoms with van der Waals surface area (Å²) in [6.07, 6.45) is 3.05. The minimum absolute atomic E-state index is 0. The number of halogens is 1. The maximum absolute atomic E-state index is 12.6. The quantitative estimate of drug-likeness (QED) is 0.899. The number of rotatable bonds is 5. The highest BCUT2D eigenvalue weighted by Crippen LogP contribution is 2.29. The van der Waals surface area contributed by atoms with E-state index in [4.69, 9.17) is 0 Å². The molecule has 2 rings (SSSR count). The van der Waals surface area contributed by atoms with Gasteiger partial charge in [-0.2, -0.15) is 0 Å². The lowest BCUT2D eigenvalue weighted by Crippen LogP contribution is -2.02. The Kier molecular flexibility index (Phi) is 6.19. The van der Waals surface area contributed by atoms with Gasteiger partial charge in [0.15, 0.2) is 5.13 Å². The van der Waals surface area contributed by atoms with Crippen molar-refractivity contribution in [1.82, 2.24) is 4.98 Å². The molecule has 1 aromatic heterocycles. The predicted molar refractivity (Wildman–Crippen MR) is 89.6 cm³/mol. The number of anilines is 1. The number of nitrogens with one attached hydrogen (secondary N) is 1. The Balaban J connectivity index is 0.00000220. The van der Waals surface area contributed by atoms with E-state index in [0.717, 1.165) is 35.3 Å². The van der Waals surface area contributed by atoms with Gasteiger partial charge in [0.2, 0.25) is 9.84 Å². The molecule has 0 radical (unpaired) electrons. The third-order valence-electron chi connectivity index (χ3n) is 3.12.